The van der Waals surface area contributed by atoms with Crippen molar-refractivity contribution < 1.29 is 19.1 Å². The number of carbonyl (C=O) groups excluding carboxylic acids is 1. The largest absolute Gasteiger partial charge is 0.481 e. The first-order chi connectivity index (χ1) is 10.9. The first-order valence-corrected chi connectivity index (χ1v) is 7.86. The Morgan fingerprint density at radius 2 is 1.96 bits per heavy atom. The molecular formula is C16H17FN2O3S. The van der Waals surface area contributed by atoms with E-state index >= 15 is 0 Å². The third-order valence-corrected chi connectivity index (χ3v) is 4.46. The highest BCUT2D eigenvalue weighted by molar-refractivity contribution is 7.13. The topological polar surface area (TPSA) is 70.5 Å². The highest BCUT2D eigenvalue weighted by Gasteiger charge is 2.19. The average molecular weight is 336 g/mol. The summed E-state index contributed by atoms with van der Waals surface area (Å²) in [5, 5.41) is 9.45. The number of amides is 1. The van der Waals surface area contributed by atoms with Crippen molar-refractivity contribution in [3.63, 3.8) is 0 Å². The van der Waals surface area contributed by atoms with Gasteiger partial charge < -0.3 is 10.0 Å². The number of benzene rings is 1. The van der Waals surface area contributed by atoms with Crippen LogP contribution in [0.5, 0.6) is 0 Å². The van der Waals surface area contributed by atoms with E-state index in [9.17, 15) is 14.0 Å². The van der Waals surface area contributed by atoms with Gasteiger partial charge in [-0.25, -0.2) is 9.37 Å². The Labute approximate surface area is 137 Å². The molecule has 0 saturated heterocycles. The highest BCUT2D eigenvalue weighted by atomic mass is 32.1. The van der Waals surface area contributed by atoms with E-state index in [1.54, 1.807) is 26.1 Å². The van der Waals surface area contributed by atoms with Gasteiger partial charge >= 0.3 is 5.97 Å². The minimum atomic E-state index is -0.942. The molecule has 1 aromatic heterocycles. The zero-order valence-corrected chi connectivity index (χ0v) is 13.7. The number of halogens is 1. The smallest absolute Gasteiger partial charge is 0.305 e. The van der Waals surface area contributed by atoms with Gasteiger partial charge in [-0.05, 0) is 24.6 Å². The molecule has 1 amide bonds. The van der Waals surface area contributed by atoms with Crippen molar-refractivity contribution in [2.45, 2.75) is 19.8 Å². The van der Waals surface area contributed by atoms with Crippen LogP contribution in [-0.4, -0.2) is 40.5 Å². The Balaban J connectivity index is 2.09. The fourth-order valence-electron chi connectivity index (χ4n) is 2.04. The molecule has 5 nitrogen and oxygen atoms in total. The molecule has 0 fully saturated rings. The molecule has 2 aromatic rings. The standard InChI is InChI=1S/C16H17FN2O3S/c1-10-15(16(22)19(2)8-7-14(20)21)23-13(18-10)9-11-3-5-12(17)6-4-11/h3-6H,7-9H2,1-2H3,(H,20,21). The number of rotatable bonds is 6. The maximum atomic E-state index is 12.9. The maximum Gasteiger partial charge on any atom is 0.305 e. The third kappa shape index (κ3) is 4.59. The van der Waals surface area contributed by atoms with Gasteiger partial charge in [0.15, 0.2) is 0 Å². The molecule has 0 aliphatic carbocycles. The number of carbonyl (C=O) groups is 2. The van der Waals surface area contributed by atoms with Crippen LogP contribution in [0.4, 0.5) is 4.39 Å². The van der Waals surface area contributed by atoms with E-state index in [2.05, 4.69) is 4.98 Å². The molecule has 0 spiro atoms. The summed E-state index contributed by atoms with van der Waals surface area (Å²) in [6, 6.07) is 6.15. The van der Waals surface area contributed by atoms with Crippen molar-refractivity contribution >= 4 is 23.2 Å². The van der Waals surface area contributed by atoms with Crippen LogP contribution in [-0.2, 0) is 11.2 Å². The molecule has 7 heteroatoms. The minimum Gasteiger partial charge on any atom is -0.481 e. The SMILES string of the molecule is Cc1nc(Cc2ccc(F)cc2)sc1C(=O)N(C)CCC(=O)O. The molecule has 0 radical (unpaired) electrons. The Morgan fingerprint density at radius 3 is 2.57 bits per heavy atom. The average Bonchev–Trinajstić information content (AvgIpc) is 2.87. The summed E-state index contributed by atoms with van der Waals surface area (Å²) >= 11 is 1.29. The molecule has 1 N–H and O–H groups in total. The number of hydrogen-bond donors (Lipinski definition) is 1. The monoisotopic (exact) mass is 336 g/mol. The van der Waals surface area contributed by atoms with Crippen molar-refractivity contribution in [3.8, 4) is 0 Å². The van der Waals surface area contributed by atoms with E-state index in [1.807, 2.05) is 0 Å². The third-order valence-electron chi connectivity index (χ3n) is 3.31. The Bertz CT molecular complexity index is 713. The van der Waals surface area contributed by atoms with E-state index in [-0.39, 0.29) is 24.7 Å². The zero-order chi connectivity index (χ0) is 17.0. The number of hydrogen-bond acceptors (Lipinski definition) is 4. The lowest BCUT2D eigenvalue weighted by molar-refractivity contribution is -0.137. The number of carboxylic acid groups (broad SMARTS) is 1. The number of carboxylic acids is 1. The lowest BCUT2D eigenvalue weighted by atomic mass is 10.1. The summed E-state index contributed by atoms with van der Waals surface area (Å²) in [6.45, 7) is 1.90. The number of aryl methyl sites for hydroxylation is 1. The van der Waals surface area contributed by atoms with Crippen molar-refractivity contribution in [2.75, 3.05) is 13.6 Å². The van der Waals surface area contributed by atoms with Gasteiger partial charge in [0.1, 0.15) is 10.7 Å². The second kappa shape index (κ2) is 7.32. The van der Waals surface area contributed by atoms with Gasteiger partial charge in [-0.15, -0.1) is 11.3 Å². The first-order valence-electron chi connectivity index (χ1n) is 7.05. The van der Waals surface area contributed by atoms with E-state index in [1.165, 1.54) is 28.4 Å². The van der Waals surface area contributed by atoms with Gasteiger partial charge in [-0.2, -0.15) is 0 Å². The van der Waals surface area contributed by atoms with Crippen LogP contribution in [0.15, 0.2) is 24.3 Å². The number of aliphatic carboxylic acids is 1. The van der Waals surface area contributed by atoms with Crippen LogP contribution in [0.3, 0.4) is 0 Å². The van der Waals surface area contributed by atoms with E-state index in [4.69, 9.17) is 5.11 Å². The molecule has 0 saturated carbocycles. The molecule has 1 heterocycles. The molecule has 2 rings (SSSR count). The van der Waals surface area contributed by atoms with Crippen LogP contribution >= 0.6 is 11.3 Å². The Morgan fingerprint density at radius 1 is 1.30 bits per heavy atom. The summed E-state index contributed by atoms with van der Waals surface area (Å²) in [4.78, 5) is 29.2. The number of thiazole rings is 1. The molecule has 122 valence electrons. The molecule has 0 bridgehead atoms. The molecule has 23 heavy (non-hydrogen) atoms. The molecule has 0 unspecified atom stereocenters. The highest BCUT2D eigenvalue weighted by Crippen LogP contribution is 2.22. The molecule has 0 aliphatic heterocycles. The predicted octanol–water partition coefficient (Wildman–Crippen LogP) is 2.73. The lowest BCUT2D eigenvalue weighted by Crippen LogP contribution is -2.28. The number of aromatic nitrogens is 1. The summed E-state index contributed by atoms with van der Waals surface area (Å²) < 4.78 is 12.9. The summed E-state index contributed by atoms with van der Waals surface area (Å²) in [5.74, 6) is -1.46. The fraction of sp³-hybridized carbons (Fsp3) is 0.312. The van der Waals surface area contributed by atoms with Crippen LogP contribution < -0.4 is 0 Å². The number of nitrogens with zero attached hydrogens (tertiary/aromatic N) is 2. The first kappa shape index (κ1) is 17.1. The van der Waals surface area contributed by atoms with Gasteiger partial charge in [-0.3, -0.25) is 9.59 Å². The minimum absolute atomic E-state index is 0.0947. The molecule has 0 atom stereocenters. The van der Waals surface area contributed by atoms with Gasteiger partial charge in [0.05, 0.1) is 17.1 Å². The van der Waals surface area contributed by atoms with Crippen molar-refractivity contribution in [1.82, 2.24) is 9.88 Å². The van der Waals surface area contributed by atoms with E-state index < -0.39 is 5.97 Å². The Hall–Kier alpha value is -2.28. The Kier molecular flexibility index (Phi) is 5.44. The van der Waals surface area contributed by atoms with Crippen molar-refractivity contribution in [3.05, 3.63) is 51.2 Å². The van der Waals surface area contributed by atoms with Crippen LogP contribution in [0.2, 0.25) is 0 Å². The quantitative estimate of drug-likeness (QED) is 0.880. The van der Waals surface area contributed by atoms with Crippen LogP contribution in [0.1, 0.15) is 32.4 Å². The second-order valence-corrected chi connectivity index (χ2v) is 6.28. The molecule has 1 aromatic carbocycles. The summed E-state index contributed by atoms with van der Waals surface area (Å²) in [6.07, 6.45) is 0.431. The predicted molar refractivity (Wildman–Crippen MR) is 85.3 cm³/mol. The van der Waals surface area contributed by atoms with Gasteiger partial charge in [-0.1, -0.05) is 12.1 Å². The van der Waals surface area contributed by atoms with Crippen molar-refractivity contribution in [2.24, 2.45) is 0 Å². The zero-order valence-electron chi connectivity index (χ0n) is 12.9. The molecular weight excluding hydrogens is 319 g/mol. The lowest BCUT2D eigenvalue weighted by Gasteiger charge is -2.14. The summed E-state index contributed by atoms with van der Waals surface area (Å²) in [5.41, 5.74) is 1.54. The summed E-state index contributed by atoms with van der Waals surface area (Å²) in [7, 11) is 1.57. The van der Waals surface area contributed by atoms with Gasteiger partial charge in [0.25, 0.3) is 5.91 Å². The van der Waals surface area contributed by atoms with Crippen LogP contribution in [0, 0.1) is 12.7 Å². The fourth-order valence-corrected chi connectivity index (χ4v) is 3.13. The normalized spacial score (nSPS) is 10.6. The van der Waals surface area contributed by atoms with Gasteiger partial charge in [0, 0.05) is 20.0 Å². The van der Waals surface area contributed by atoms with E-state index in [0.29, 0.717) is 17.0 Å². The second-order valence-electron chi connectivity index (χ2n) is 5.20. The van der Waals surface area contributed by atoms with Crippen LogP contribution in [0.25, 0.3) is 0 Å². The van der Waals surface area contributed by atoms with E-state index in [0.717, 1.165) is 10.6 Å². The molecule has 0 aliphatic rings. The van der Waals surface area contributed by atoms with Crippen molar-refractivity contribution in [1.29, 1.82) is 0 Å². The maximum absolute atomic E-state index is 12.9. The van der Waals surface area contributed by atoms with Gasteiger partial charge in [0.2, 0.25) is 0 Å².